The Hall–Kier alpha value is -6.02. The van der Waals surface area contributed by atoms with Crippen LogP contribution in [0.4, 0.5) is 0 Å². The lowest BCUT2D eigenvalue weighted by Crippen LogP contribution is -2.59. The first-order valence-electron chi connectivity index (χ1n) is 20.6. The summed E-state index contributed by atoms with van der Waals surface area (Å²) in [7, 11) is 0. The molecule has 0 spiro atoms. The summed E-state index contributed by atoms with van der Waals surface area (Å²) in [6.45, 7) is 4.46. The van der Waals surface area contributed by atoms with Gasteiger partial charge in [-0.05, 0) is 67.2 Å². The summed E-state index contributed by atoms with van der Waals surface area (Å²) in [5.74, 6) is -2.95. The maximum atomic E-state index is 14.6. The van der Waals surface area contributed by atoms with Gasteiger partial charge in [0.25, 0.3) is 0 Å². The number of aromatic amines is 1. The van der Waals surface area contributed by atoms with Gasteiger partial charge in [0, 0.05) is 43.0 Å². The van der Waals surface area contributed by atoms with E-state index in [2.05, 4.69) is 20.9 Å². The van der Waals surface area contributed by atoms with Gasteiger partial charge in [-0.25, -0.2) is 0 Å². The summed E-state index contributed by atoms with van der Waals surface area (Å²) in [5.41, 5.74) is 15.4. The summed E-state index contributed by atoms with van der Waals surface area (Å²) in [4.78, 5) is 89.0. The van der Waals surface area contributed by atoms with Crippen LogP contribution in [0.5, 0.6) is 0 Å². The number of amides is 6. The highest BCUT2D eigenvalue weighted by Gasteiger charge is 2.42. The lowest BCUT2D eigenvalue weighted by Gasteiger charge is -2.32. The van der Waals surface area contributed by atoms with Gasteiger partial charge < -0.3 is 42.2 Å². The van der Waals surface area contributed by atoms with Gasteiger partial charge in [0.15, 0.2) is 0 Å². The van der Waals surface area contributed by atoms with Crippen molar-refractivity contribution in [3.63, 3.8) is 0 Å². The quantitative estimate of drug-likeness (QED) is 0.0938. The summed E-state index contributed by atoms with van der Waals surface area (Å²) in [5, 5.41) is 9.51. The van der Waals surface area contributed by atoms with E-state index < -0.39 is 65.8 Å². The fourth-order valence-corrected chi connectivity index (χ4v) is 8.28. The summed E-state index contributed by atoms with van der Waals surface area (Å²) >= 11 is 0. The SMILES string of the molecule is CC(C)C[C@H](NC(=O)[C@H](Cc1c[nH]c2ccccc12)NC(=O)[C@@H]1CCCN1C(=O)[C@H](Cc1ccccc1)NC(=O)[C@@H]1CCCN1C(=O)[C@@H](N)Cc1ccccc1)C(N)=O. The van der Waals surface area contributed by atoms with Crippen LogP contribution in [0.15, 0.2) is 91.1 Å². The molecule has 0 unspecified atom stereocenters. The minimum atomic E-state index is -1.10. The molecule has 3 aromatic carbocycles. The van der Waals surface area contributed by atoms with Crippen molar-refractivity contribution in [1.29, 1.82) is 0 Å². The number of carbonyl (C=O) groups excluding carboxylic acids is 6. The molecule has 0 radical (unpaired) electrons. The molecule has 6 amide bonds. The number of rotatable bonds is 17. The van der Waals surface area contributed by atoms with E-state index in [-0.39, 0.29) is 31.2 Å². The zero-order valence-corrected chi connectivity index (χ0v) is 33.8. The van der Waals surface area contributed by atoms with Crippen LogP contribution in [0.2, 0.25) is 0 Å². The number of hydrogen-bond donors (Lipinski definition) is 6. The second kappa shape index (κ2) is 19.6. The molecule has 2 aliphatic heterocycles. The van der Waals surface area contributed by atoms with Crippen LogP contribution < -0.4 is 27.4 Å². The first kappa shape index (κ1) is 42.6. The van der Waals surface area contributed by atoms with E-state index in [1.165, 1.54) is 9.80 Å². The Balaban J connectivity index is 1.20. The lowest BCUT2D eigenvalue weighted by atomic mass is 10.0. The average molecular weight is 805 g/mol. The van der Waals surface area contributed by atoms with Gasteiger partial charge in [0.1, 0.15) is 30.2 Å². The largest absolute Gasteiger partial charge is 0.368 e. The molecular weight excluding hydrogens is 749 g/mol. The molecular formula is C45H56N8O6. The van der Waals surface area contributed by atoms with E-state index in [1.807, 2.05) is 98.8 Å². The lowest BCUT2D eigenvalue weighted by molar-refractivity contribution is -0.144. The van der Waals surface area contributed by atoms with Crippen LogP contribution in [0, 0.1) is 5.92 Å². The molecule has 0 saturated carbocycles. The summed E-state index contributed by atoms with van der Waals surface area (Å²) in [6.07, 6.45) is 4.59. The zero-order chi connectivity index (χ0) is 42.1. The molecule has 2 fully saturated rings. The Morgan fingerprint density at radius 1 is 0.678 bits per heavy atom. The minimum absolute atomic E-state index is 0.0614. The van der Waals surface area contributed by atoms with E-state index in [4.69, 9.17) is 11.5 Å². The molecule has 312 valence electrons. The van der Waals surface area contributed by atoms with Crippen LogP contribution >= 0.6 is 0 Å². The first-order chi connectivity index (χ1) is 28.4. The number of para-hydroxylation sites is 1. The monoisotopic (exact) mass is 804 g/mol. The molecule has 0 aliphatic carbocycles. The van der Waals surface area contributed by atoms with Crippen LogP contribution in [0.25, 0.3) is 10.9 Å². The van der Waals surface area contributed by atoms with Gasteiger partial charge in [0.2, 0.25) is 35.4 Å². The highest BCUT2D eigenvalue weighted by molar-refractivity contribution is 5.97. The number of nitrogens with zero attached hydrogens (tertiary/aromatic N) is 2. The fourth-order valence-electron chi connectivity index (χ4n) is 8.28. The minimum Gasteiger partial charge on any atom is -0.368 e. The number of primary amides is 1. The number of benzene rings is 3. The second-order valence-corrected chi connectivity index (χ2v) is 16.1. The van der Waals surface area contributed by atoms with Crippen LogP contribution in [0.3, 0.4) is 0 Å². The number of hydrogen-bond acceptors (Lipinski definition) is 7. The molecule has 59 heavy (non-hydrogen) atoms. The molecule has 2 saturated heterocycles. The Bertz CT molecular complexity index is 2110. The number of nitrogens with one attached hydrogen (secondary N) is 4. The van der Waals surface area contributed by atoms with Gasteiger partial charge in [-0.1, -0.05) is 92.7 Å². The molecule has 6 atom stereocenters. The van der Waals surface area contributed by atoms with Crippen LogP contribution in [-0.2, 0) is 48.0 Å². The van der Waals surface area contributed by atoms with Crippen molar-refractivity contribution >= 4 is 46.3 Å². The van der Waals surface area contributed by atoms with Crippen molar-refractivity contribution in [2.75, 3.05) is 13.1 Å². The van der Waals surface area contributed by atoms with Gasteiger partial charge in [-0.3, -0.25) is 28.8 Å². The number of aromatic nitrogens is 1. The van der Waals surface area contributed by atoms with Crippen molar-refractivity contribution in [3.8, 4) is 0 Å². The van der Waals surface area contributed by atoms with Crippen LogP contribution in [-0.4, -0.2) is 99.6 Å². The fraction of sp³-hybridized carbons (Fsp3) is 0.422. The molecule has 2 aliphatic rings. The van der Waals surface area contributed by atoms with E-state index in [0.29, 0.717) is 45.1 Å². The zero-order valence-electron chi connectivity index (χ0n) is 33.8. The molecule has 3 heterocycles. The smallest absolute Gasteiger partial charge is 0.246 e. The van der Waals surface area contributed by atoms with E-state index >= 15 is 0 Å². The highest BCUT2D eigenvalue weighted by atomic mass is 16.2. The average Bonchev–Trinajstić information content (AvgIpc) is 4.01. The highest BCUT2D eigenvalue weighted by Crippen LogP contribution is 2.24. The van der Waals surface area contributed by atoms with Crippen molar-refractivity contribution < 1.29 is 28.8 Å². The molecule has 1 aromatic heterocycles. The molecule has 6 rings (SSSR count). The van der Waals surface area contributed by atoms with Crippen molar-refractivity contribution in [2.45, 2.75) is 101 Å². The Kier molecular flexibility index (Phi) is 14.2. The van der Waals surface area contributed by atoms with E-state index in [1.54, 1.807) is 6.20 Å². The number of fused-ring (bicyclic) bond motifs is 1. The Morgan fingerprint density at radius 3 is 1.81 bits per heavy atom. The Morgan fingerprint density at radius 2 is 1.22 bits per heavy atom. The number of H-pyrrole nitrogens is 1. The standard InChI is InChI=1S/C45H56N8O6/c1-28(2)23-35(40(47)54)49-41(55)36(26-31-27-48-34-18-10-9-17-32(31)34)50-42(56)39-20-12-22-53(39)45(59)37(25-30-15-7-4-8-16-30)51-43(57)38-19-11-21-52(38)44(58)33(46)24-29-13-5-3-6-14-29/h3-10,13-18,27-28,33,35-39,48H,11-12,19-26,46H2,1-2H3,(H2,47,54)(H,49,55)(H,50,56)(H,51,57)/t33-,35-,36-,37-,38-,39-/m0/s1. The number of carbonyl (C=O) groups is 6. The third kappa shape index (κ3) is 10.7. The third-order valence-corrected chi connectivity index (χ3v) is 11.3. The first-order valence-corrected chi connectivity index (χ1v) is 20.6. The predicted octanol–water partition coefficient (Wildman–Crippen LogP) is 2.49. The van der Waals surface area contributed by atoms with Gasteiger partial charge >= 0.3 is 0 Å². The number of likely N-dealkylation sites (tertiary alicyclic amines) is 2. The van der Waals surface area contributed by atoms with Crippen molar-refractivity contribution in [1.82, 2.24) is 30.7 Å². The van der Waals surface area contributed by atoms with Crippen molar-refractivity contribution in [3.05, 3.63) is 108 Å². The van der Waals surface area contributed by atoms with Gasteiger partial charge in [-0.2, -0.15) is 0 Å². The number of nitrogens with two attached hydrogens (primary N) is 2. The maximum absolute atomic E-state index is 14.6. The molecule has 8 N–H and O–H groups in total. The van der Waals surface area contributed by atoms with Gasteiger partial charge in [-0.15, -0.1) is 0 Å². The Labute approximate surface area is 344 Å². The van der Waals surface area contributed by atoms with Crippen LogP contribution in [0.1, 0.15) is 62.6 Å². The van der Waals surface area contributed by atoms with Gasteiger partial charge in [0.05, 0.1) is 6.04 Å². The predicted molar refractivity (Wildman–Crippen MR) is 224 cm³/mol. The molecule has 14 nitrogen and oxygen atoms in total. The third-order valence-electron chi connectivity index (χ3n) is 11.3. The molecule has 4 aromatic rings. The molecule has 0 bridgehead atoms. The topological polar surface area (TPSA) is 213 Å². The van der Waals surface area contributed by atoms with E-state index in [0.717, 1.165) is 27.6 Å². The second-order valence-electron chi connectivity index (χ2n) is 16.1. The normalized spacial score (nSPS) is 18.6. The maximum Gasteiger partial charge on any atom is 0.246 e. The van der Waals surface area contributed by atoms with Crippen molar-refractivity contribution in [2.24, 2.45) is 17.4 Å². The summed E-state index contributed by atoms with van der Waals surface area (Å²) in [6, 6.07) is 20.7. The summed E-state index contributed by atoms with van der Waals surface area (Å²) < 4.78 is 0. The van der Waals surface area contributed by atoms with E-state index in [9.17, 15) is 28.8 Å². The molecule has 14 heteroatoms.